The van der Waals surface area contributed by atoms with E-state index in [9.17, 15) is 5.11 Å². The average molecular weight is 238 g/mol. The molecular weight excluding hydrogens is 216 g/mol. The first-order valence-corrected chi connectivity index (χ1v) is 6.08. The molecule has 0 saturated heterocycles. The smallest absolute Gasteiger partial charge is 0.115 e. The van der Waals surface area contributed by atoms with Gasteiger partial charge in [-0.2, -0.15) is 0 Å². The number of rotatable bonds is 7. The van der Waals surface area contributed by atoms with E-state index in [4.69, 9.17) is 5.11 Å². The van der Waals surface area contributed by atoms with Crippen LogP contribution in [0.5, 0.6) is 0 Å². The van der Waals surface area contributed by atoms with E-state index in [1.165, 1.54) is 0 Å². The molecule has 17 heavy (non-hydrogen) atoms. The number of hydrogen-bond acceptors (Lipinski definition) is 4. The summed E-state index contributed by atoms with van der Waals surface area (Å²) in [6.07, 6.45) is 0. The topological polar surface area (TPSA) is 46.9 Å². The van der Waals surface area contributed by atoms with Gasteiger partial charge in [0.2, 0.25) is 0 Å². The predicted octanol–water partition coefficient (Wildman–Crippen LogP) is 1.28. The highest BCUT2D eigenvalue weighted by atomic mass is 16.3. The van der Waals surface area contributed by atoms with E-state index in [2.05, 4.69) is 11.8 Å². The number of hydrogen-bond donors (Lipinski definition) is 2. The maximum atomic E-state index is 9.17. The Kier molecular flexibility index (Phi) is 5.80. The van der Waals surface area contributed by atoms with Crippen LogP contribution in [0.15, 0.2) is 24.3 Å². The molecule has 4 nitrogen and oxygen atoms in total. The monoisotopic (exact) mass is 238 g/mol. The van der Waals surface area contributed by atoms with Crippen molar-refractivity contribution in [3.05, 3.63) is 24.3 Å². The van der Waals surface area contributed by atoms with Gasteiger partial charge < -0.3 is 20.0 Å². The quantitative estimate of drug-likeness (QED) is 0.703. The van der Waals surface area contributed by atoms with Crippen molar-refractivity contribution in [3.8, 4) is 0 Å². The van der Waals surface area contributed by atoms with Gasteiger partial charge >= 0.3 is 0 Å². The maximum absolute atomic E-state index is 9.17. The van der Waals surface area contributed by atoms with Gasteiger partial charge in [-0.25, -0.2) is 0 Å². The second-order valence-electron chi connectivity index (χ2n) is 3.82. The molecule has 0 aromatic heterocycles. The average Bonchev–Trinajstić information content (AvgIpc) is 2.38. The first-order chi connectivity index (χ1) is 8.26. The molecule has 96 valence electrons. The van der Waals surface area contributed by atoms with Crippen molar-refractivity contribution in [2.75, 3.05) is 42.8 Å². The SMILES string of the molecule is CCN(CO)c1ccc(N(CC)CCO)cc1. The number of aliphatic hydroxyl groups is 2. The molecule has 0 heterocycles. The third-order valence-corrected chi connectivity index (χ3v) is 2.88. The minimum atomic E-state index is 0.0317. The minimum absolute atomic E-state index is 0.0317. The summed E-state index contributed by atoms with van der Waals surface area (Å²) in [4.78, 5) is 3.99. The van der Waals surface area contributed by atoms with Crippen molar-refractivity contribution in [3.63, 3.8) is 0 Å². The third kappa shape index (κ3) is 3.61. The summed E-state index contributed by atoms with van der Waals surface area (Å²) in [5, 5.41) is 18.1. The zero-order valence-electron chi connectivity index (χ0n) is 10.6. The highest BCUT2D eigenvalue weighted by molar-refractivity contribution is 5.56. The fourth-order valence-corrected chi connectivity index (χ4v) is 1.83. The minimum Gasteiger partial charge on any atom is -0.395 e. The summed E-state index contributed by atoms with van der Waals surface area (Å²) < 4.78 is 0. The summed E-state index contributed by atoms with van der Waals surface area (Å²) in [6, 6.07) is 8.03. The first-order valence-electron chi connectivity index (χ1n) is 6.08. The Morgan fingerprint density at radius 2 is 1.35 bits per heavy atom. The highest BCUT2D eigenvalue weighted by Gasteiger charge is 2.05. The van der Waals surface area contributed by atoms with Gasteiger partial charge in [0.1, 0.15) is 6.73 Å². The number of nitrogens with zero attached hydrogens (tertiary/aromatic N) is 2. The van der Waals surface area contributed by atoms with Gasteiger partial charge in [-0.15, -0.1) is 0 Å². The molecule has 0 atom stereocenters. The van der Waals surface area contributed by atoms with Crippen LogP contribution in [0, 0.1) is 0 Å². The van der Waals surface area contributed by atoms with E-state index < -0.39 is 0 Å². The molecule has 0 fully saturated rings. The van der Waals surface area contributed by atoms with Crippen LogP contribution < -0.4 is 9.80 Å². The van der Waals surface area contributed by atoms with Gasteiger partial charge in [0, 0.05) is 31.0 Å². The Hall–Kier alpha value is -1.26. The normalized spacial score (nSPS) is 10.4. The van der Waals surface area contributed by atoms with Crippen molar-refractivity contribution in [2.24, 2.45) is 0 Å². The molecule has 0 aliphatic heterocycles. The molecule has 0 amide bonds. The van der Waals surface area contributed by atoms with Gasteiger partial charge in [0.05, 0.1) is 6.61 Å². The first kappa shape index (κ1) is 13.8. The van der Waals surface area contributed by atoms with Gasteiger partial charge in [-0.1, -0.05) is 0 Å². The summed E-state index contributed by atoms with van der Waals surface area (Å²) in [7, 11) is 0. The Labute approximate surface area is 103 Å². The molecule has 0 bridgehead atoms. The van der Waals surface area contributed by atoms with Crippen LogP contribution in [0.1, 0.15) is 13.8 Å². The van der Waals surface area contributed by atoms with Crippen molar-refractivity contribution >= 4 is 11.4 Å². The van der Waals surface area contributed by atoms with Crippen LogP contribution in [0.2, 0.25) is 0 Å². The summed E-state index contributed by atoms with van der Waals surface area (Å²) >= 11 is 0. The second-order valence-corrected chi connectivity index (χ2v) is 3.82. The van der Waals surface area contributed by atoms with E-state index in [1.54, 1.807) is 0 Å². The van der Waals surface area contributed by atoms with Crippen molar-refractivity contribution in [1.82, 2.24) is 0 Å². The largest absolute Gasteiger partial charge is 0.395 e. The number of anilines is 2. The molecule has 1 aromatic rings. The summed E-state index contributed by atoms with van der Waals surface area (Å²) in [5.41, 5.74) is 2.11. The van der Waals surface area contributed by atoms with Crippen LogP contribution in [0.25, 0.3) is 0 Å². The van der Waals surface area contributed by atoms with E-state index in [-0.39, 0.29) is 13.3 Å². The Bertz CT molecular complexity index is 310. The molecule has 2 N–H and O–H groups in total. The number of aliphatic hydroxyl groups excluding tert-OH is 2. The van der Waals surface area contributed by atoms with E-state index in [1.807, 2.05) is 36.1 Å². The Morgan fingerprint density at radius 1 is 0.882 bits per heavy atom. The van der Waals surface area contributed by atoms with Crippen molar-refractivity contribution in [1.29, 1.82) is 0 Å². The van der Waals surface area contributed by atoms with Crippen LogP contribution in [-0.2, 0) is 0 Å². The lowest BCUT2D eigenvalue weighted by Gasteiger charge is -2.24. The molecule has 0 unspecified atom stereocenters. The molecule has 1 rings (SSSR count). The molecule has 0 aliphatic rings. The van der Waals surface area contributed by atoms with Crippen LogP contribution in [0.4, 0.5) is 11.4 Å². The van der Waals surface area contributed by atoms with Crippen molar-refractivity contribution < 1.29 is 10.2 Å². The lowest BCUT2D eigenvalue weighted by Crippen LogP contribution is -2.26. The molecule has 0 aliphatic carbocycles. The van der Waals surface area contributed by atoms with Gasteiger partial charge in [-0.3, -0.25) is 0 Å². The maximum Gasteiger partial charge on any atom is 0.115 e. The van der Waals surface area contributed by atoms with Gasteiger partial charge in [-0.05, 0) is 38.1 Å². The molecular formula is C13H22N2O2. The zero-order valence-corrected chi connectivity index (χ0v) is 10.6. The summed E-state index contributed by atoms with van der Waals surface area (Å²) in [5.74, 6) is 0. The van der Waals surface area contributed by atoms with E-state index in [0.29, 0.717) is 6.54 Å². The van der Waals surface area contributed by atoms with Gasteiger partial charge in [0.15, 0.2) is 0 Å². The van der Waals surface area contributed by atoms with Crippen LogP contribution in [0.3, 0.4) is 0 Å². The molecule has 0 spiro atoms. The third-order valence-electron chi connectivity index (χ3n) is 2.88. The zero-order chi connectivity index (χ0) is 12.7. The molecule has 4 heteroatoms. The lowest BCUT2D eigenvalue weighted by molar-refractivity contribution is 0.293. The highest BCUT2D eigenvalue weighted by Crippen LogP contribution is 2.20. The Balaban J connectivity index is 2.78. The van der Waals surface area contributed by atoms with Crippen LogP contribution in [-0.4, -0.2) is 43.2 Å². The van der Waals surface area contributed by atoms with Crippen LogP contribution >= 0.6 is 0 Å². The fraction of sp³-hybridized carbons (Fsp3) is 0.538. The lowest BCUT2D eigenvalue weighted by atomic mass is 10.2. The van der Waals surface area contributed by atoms with E-state index in [0.717, 1.165) is 24.5 Å². The number of likely N-dealkylation sites (N-methyl/N-ethyl adjacent to an activating group) is 1. The summed E-state index contributed by atoms with van der Waals surface area (Å²) in [6.45, 7) is 6.57. The molecule has 0 saturated carbocycles. The van der Waals surface area contributed by atoms with Crippen molar-refractivity contribution in [2.45, 2.75) is 13.8 Å². The fourth-order valence-electron chi connectivity index (χ4n) is 1.83. The Morgan fingerprint density at radius 3 is 1.71 bits per heavy atom. The number of benzene rings is 1. The molecule has 1 aromatic carbocycles. The van der Waals surface area contributed by atoms with Gasteiger partial charge in [0.25, 0.3) is 0 Å². The standard InChI is InChI=1S/C13H22N2O2/c1-3-14(9-10-16)12-5-7-13(8-6-12)15(4-2)11-17/h5-8,16-17H,3-4,9-11H2,1-2H3. The predicted molar refractivity (Wildman–Crippen MR) is 71.5 cm³/mol. The second kappa shape index (κ2) is 7.14. The van der Waals surface area contributed by atoms with E-state index >= 15 is 0 Å². The molecule has 0 radical (unpaired) electrons.